The number of alkyl halides is 4. The van der Waals surface area contributed by atoms with Crippen LogP contribution in [0, 0.1) is 0 Å². The molecule has 0 unspecified atom stereocenters. The van der Waals surface area contributed by atoms with Crippen molar-refractivity contribution >= 4 is 17.5 Å². The number of aromatic nitrogens is 2. The first-order valence-corrected chi connectivity index (χ1v) is 6.26. The smallest absolute Gasteiger partial charge is 0.327 e. The molecule has 0 aliphatic heterocycles. The molecule has 0 spiro atoms. The third-order valence-corrected chi connectivity index (χ3v) is 2.69. The van der Waals surface area contributed by atoms with Crippen molar-refractivity contribution in [3.05, 3.63) is 17.5 Å². The van der Waals surface area contributed by atoms with Gasteiger partial charge in [0.1, 0.15) is 12.2 Å². The topological polar surface area (TPSA) is 38.1 Å². The summed E-state index contributed by atoms with van der Waals surface area (Å²) < 4.78 is 38.5. The van der Waals surface area contributed by atoms with Gasteiger partial charge in [-0.1, -0.05) is 6.92 Å². The van der Waals surface area contributed by atoms with Gasteiger partial charge in [-0.05, 0) is 12.5 Å². The summed E-state index contributed by atoms with van der Waals surface area (Å²) in [5.74, 6) is -0.770. The standard InChI is InChI=1S/C11H15ClF3N3O/c1-3-8-6-9(17(2)16-8)10(19)18(5-4-12)7-11(13,14)15/h6H,3-5,7H2,1-2H3. The first kappa shape index (κ1) is 15.8. The zero-order valence-electron chi connectivity index (χ0n) is 10.7. The van der Waals surface area contributed by atoms with E-state index in [1.165, 1.54) is 17.8 Å². The molecule has 4 nitrogen and oxygen atoms in total. The lowest BCUT2D eigenvalue weighted by atomic mass is 10.3. The number of halogens is 4. The summed E-state index contributed by atoms with van der Waals surface area (Å²) >= 11 is 5.45. The Morgan fingerprint density at radius 2 is 2.16 bits per heavy atom. The second kappa shape index (κ2) is 6.27. The molecule has 1 heterocycles. The van der Waals surface area contributed by atoms with Gasteiger partial charge in [-0.25, -0.2) is 0 Å². The average Bonchev–Trinajstić information content (AvgIpc) is 2.67. The number of hydrogen-bond donors (Lipinski definition) is 0. The largest absolute Gasteiger partial charge is 0.406 e. The van der Waals surface area contributed by atoms with Gasteiger partial charge in [-0.3, -0.25) is 9.48 Å². The number of carbonyl (C=O) groups is 1. The SMILES string of the molecule is CCc1cc(C(=O)N(CCCl)CC(F)(F)F)n(C)n1. The van der Waals surface area contributed by atoms with Crippen LogP contribution >= 0.6 is 11.6 Å². The summed E-state index contributed by atoms with van der Waals surface area (Å²) in [6, 6.07) is 1.50. The van der Waals surface area contributed by atoms with Crippen LogP contribution in [-0.2, 0) is 13.5 Å². The lowest BCUT2D eigenvalue weighted by Crippen LogP contribution is -2.40. The number of carbonyl (C=O) groups excluding carboxylic acids is 1. The van der Waals surface area contributed by atoms with Crippen LogP contribution in [0.25, 0.3) is 0 Å². The maximum absolute atomic E-state index is 12.4. The number of hydrogen-bond acceptors (Lipinski definition) is 2. The molecule has 0 bridgehead atoms. The molecule has 0 atom stereocenters. The zero-order chi connectivity index (χ0) is 14.6. The van der Waals surface area contributed by atoms with Crippen molar-refractivity contribution in [1.29, 1.82) is 0 Å². The van der Waals surface area contributed by atoms with Crippen molar-refractivity contribution in [2.24, 2.45) is 7.05 Å². The van der Waals surface area contributed by atoms with Crippen LogP contribution in [0.1, 0.15) is 23.1 Å². The highest BCUT2D eigenvalue weighted by Gasteiger charge is 2.33. The predicted molar refractivity (Wildman–Crippen MR) is 65.3 cm³/mol. The lowest BCUT2D eigenvalue weighted by molar-refractivity contribution is -0.140. The van der Waals surface area contributed by atoms with E-state index in [0.29, 0.717) is 17.0 Å². The van der Waals surface area contributed by atoms with E-state index >= 15 is 0 Å². The Morgan fingerprint density at radius 3 is 2.58 bits per heavy atom. The highest BCUT2D eigenvalue weighted by Crippen LogP contribution is 2.18. The fourth-order valence-corrected chi connectivity index (χ4v) is 1.84. The minimum absolute atomic E-state index is 0.0553. The lowest BCUT2D eigenvalue weighted by Gasteiger charge is -2.22. The number of nitrogens with zero attached hydrogens (tertiary/aromatic N) is 3. The Morgan fingerprint density at radius 1 is 1.53 bits per heavy atom. The Balaban J connectivity index is 2.95. The summed E-state index contributed by atoms with van der Waals surface area (Å²) in [6.45, 7) is 0.376. The van der Waals surface area contributed by atoms with Gasteiger partial charge in [0, 0.05) is 19.5 Å². The third kappa shape index (κ3) is 4.41. The van der Waals surface area contributed by atoms with Crippen molar-refractivity contribution in [3.8, 4) is 0 Å². The molecular weight excluding hydrogens is 283 g/mol. The molecule has 0 saturated carbocycles. The van der Waals surface area contributed by atoms with Gasteiger partial charge < -0.3 is 4.90 Å². The highest BCUT2D eigenvalue weighted by atomic mass is 35.5. The van der Waals surface area contributed by atoms with Gasteiger partial charge in [0.2, 0.25) is 0 Å². The average molecular weight is 298 g/mol. The summed E-state index contributed by atoms with van der Waals surface area (Å²) in [7, 11) is 1.53. The van der Waals surface area contributed by atoms with E-state index in [1.807, 2.05) is 6.92 Å². The first-order valence-electron chi connectivity index (χ1n) is 5.73. The molecular formula is C11H15ClF3N3O. The van der Waals surface area contributed by atoms with Gasteiger partial charge in [-0.2, -0.15) is 18.3 Å². The van der Waals surface area contributed by atoms with E-state index in [2.05, 4.69) is 5.10 Å². The molecule has 19 heavy (non-hydrogen) atoms. The quantitative estimate of drug-likeness (QED) is 0.782. The Labute approximate surface area is 114 Å². The summed E-state index contributed by atoms with van der Waals surface area (Å²) in [5, 5.41) is 4.04. The van der Waals surface area contributed by atoms with Crippen LogP contribution in [0.15, 0.2) is 6.07 Å². The first-order chi connectivity index (χ1) is 8.78. The van der Waals surface area contributed by atoms with Gasteiger partial charge in [0.25, 0.3) is 5.91 Å². The molecule has 0 aliphatic carbocycles. The molecule has 1 aromatic rings. The molecule has 1 aromatic heterocycles. The molecule has 0 saturated heterocycles. The van der Waals surface area contributed by atoms with E-state index in [1.54, 1.807) is 0 Å². The minimum Gasteiger partial charge on any atom is -0.327 e. The number of amides is 1. The van der Waals surface area contributed by atoms with Gasteiger partial charge in [0.15, 0.2) is 0 Å². The van der Waals surface area contributed by atoms with Gasteiger partial charge in [0.05, 0.1) is 5.69 Å². The van der Waals surface area contributed by atoms with E-state index in [4.69, 9.17) is 11.6 Å². The summed E-state index contributed by atoms with van der Waals surface area (Å²) in [4.78, 5) is 12.8. The fraction of sp³-hybridized carbons (Fsp3) is 0.636. The minimum atomic E-state index is -4.45. The van der Waals surface area contributed by atoms with Crippen LogP contribution in [0.4, 0.5) is 13.2 Å². The molecule has 0 N–H and O–H groups in total. The molecule has 1 amide bonds. The van der Waals surface area contributed by atoms with Crippen molar-refractivity contribution in [2.45, 2.75) is 19.5 Å². The molecule has 8 heteroatoms. The van der Waals surface area contributed by atoms with Crippen molar-refractivity contribution in [3.63, 3.8) is 0 Å². The number of aryl methyl sites for hydroxylation is 2. The molecule has 0 aromatic carbocycles. The second-order valence-corrected chi connectivity index (χ2v) is 4.41. The Bertz CT molecular complexity index is 445. The van der Waals surface area contributed by atoms with Crippen LogP contribution in [0.2, 0.25) is 0 Å². The highest BCUT2D eigenvalue weighted by molar-refractivity contribution is 6.18. The van der Waals surface area contributed by atoms with Crippen LogP contribution in [0.3, 0.4) is 0 Å². The Hall–Kier alpha value is -1.24. The number of rotatable bonds is 5. The van der Waals surface area contributed by atoms with Crippen molar-refractivity contribution in [2.75, 3.05) is 19.0 Å². The maximum atomic E-state index is 12.4. The predicted octanol–water partition coefficient (Wildman–Crippen LogP) is 2.23. The van der Waals surface area contributed by atoms with E-state index in [0.717, 1.165) is 0 Å². The van der Waals surface area contributed by atoms with Crippen molar-refractivity contribution in [1.82, 2.24) is 14.7 Å². The van der Waals surface area contributed by atoms with Crippen LogP contribution in [-0.4, -0.2) is 45.7 Å². The van der Waals surface area contributed by atoms with E-state index in [-0.39, 0.29) is 18.1 Å². The molecule has 108 valence electrons. The van der Waals surface area contributed by atoms with Crippen molar-refractivity contribution < 1.29 is 18.0 Å². The summed E-state index contributed by atoms with van der Waals surface area (Å²) in [5.41, 5.74) is 0.787. The molecule has 0 radical (unpaired) electrons. The Kier molecular flexibility index (Phi) is 5.22. The second-order valence-electron chi connectivity index (χ2n) is 4.03. The van der Waals surface area contributed by atoms with Gasteiger partial charge in [-0.15, -0.1) is 11.6 Å². The van der Waals surface area contributed by atoms with Gasteiger partial charge >= 0.3 is 6.18 Å². The van der Waals surface area contributed by atoms with E-state index < -0.39 is 18.6 Å². The van der Waals surface area contributed by atoms with Crippen LogP contribution in [0.5, 0.6) is 0 Å². The third-order valence-electron chi connectivity index (χ3n) is 2.52. The maximum Gasteiger partial charge on any atom is 0.406 e. The van der Waals surface area contributed by atoms with E-state index in [9.17, 15) is 18.0 Å². The molecule has 1 rings (SSSR count). The fourth-order valence-electron chi connectivity index (χ4n) is 1.63. The summed E-state index contributed by atoms with van der Waals surface area (Å²) in [6.07, 6.45) is -3.84. The zero-order valence-corrected chi connectivity index (χ0v) is 11.4. The molecule has 0 fully saturated rings. The molecule has 0 aliphatic rings. The van der Waals surface area contributed by atoms with Crippen LogP contribution < -0.4 is 0 Å². The monoisotopic (exact) mass is 297 g/mol. The normalized spacial score (nSPS) is 11.7.